The van der Waals surface area contributed by atoms with Crippen LogP contribution < -0.4 is 5.32 Å². The first-order valence-corrected chi connectivity index (χ1v) is 7.83. The Hall–Kier alpha value is -1.16. The molecule has 4 nitrogen and oxygen atoms in total. The number of amides is 1. The number of aliphatic imine (C=N–C) groups is 1. The highest BCUT2D eigenvalue weighted by Crippen LogP contribution is 2.26. The van der Waals surface area contributed by atoms with Crippen LogP contribution in [0.15, 0.2) is 17.1 Å². The number of allylic oxidation sites excluding steroid dienone is 2. The maximum Gasteiger partial charge on any atom is 0.221 e. The average molecular weight is 280 g/mol. The number of nitrogens with one attached hydrogen (secondary N) is 1. The predicted molar refractivity (Wildman–Crippen MR) is 84.5 cm³/mol. The molecule has 1 rings (SSSR count). The van der Waals surface area contributed by atoms with Gasteiger partial charge in [-0.05, 0) is 33.1 Å². The molecule has 0 aliphatic carbocycles. The maximum absolute atomic E-state index is 11.3. The van der Waals surface area contributed by atoms with Crippen LogP contribution in [0.3, 0.4) is 0 Å². The summed E-state index contributed by atoms with van der Waals surface area (Å²) >= 11 is 0. The quantitative estimate of drug-likeness (QED) is 0.414. The van der Waals surface area contributed by atoms with Gasteiger partial charge in [0.2, 0.25) is 5.91 Å². The lowest BCUT2D eigenvalue weighted by Crippen LogP contribution is -2.63. The van der Waals surface area contributed by atoms with Gasteiger partial charge in [0, 0.05) is 20.3 Å². The second kappa shape index (κ2) is 8.20. The molecule has 3 atom stereocenters. The molecule has 0 bridgehead atoms. The Morgan fingerprint density at radius 3 is 2.90 bits per heavy atom. The van der Waals surface area contributed by atoms with Crippen LogP contribution in [-0.2, 0) is 4.79 Å². The van der Waals surface area contributed by atoms with Crippen molar-refractivity contribution in [1.29, 1.82) is 0 Å². The molecule has 3 unspecified atom stereocenters. The minimum absolute atomic E-state index is 0.0437. The Morgan fingerprint density at radius 2 is 2.30 bits per heavy atom. The molecule has 1 N–H and O–H groups in total. The van der Waals surface area contributed by atoms with E-state index in [4.69, 9.17) is 0 Å². The summed E-state index contributed by atoms with van der Waals surface area (Å²) in [5.41, 5.74) is 0. The third-order valence-corrected chi connectivity index (χ3v) is 4.38. The minimum Gasteiger partial charge on any atom is -0.307 e. The fourth-order valence-electron chi connectivity index (χ4n) is 3.12. The first-order valence-electron chi connectivity index (χ1n) is 7.83. The van der Waals surface area contributed by atoms with Crippen molar-refractivity contribution in [3.8, 4) is 0 Å². The monoisotopic (exact) mass is 280 g/mol. The molecule has 0 aromatic rings. The van der Waals surface area contributed by atoms with Crippen LogP contribution in [0.2, 0.25) is 0 Å². The van der Waals surface area contributed by atoms with Crippen molar-refractivity contribution in [3.05, 3.63) is 12.2 Å². The van der Waals surface area contributed by atoms with Crippen molar-refractivity contribution < 1.29 is 9.28 Å². The largest absolute Gasteiger partial charge is 0.307 e. The van der Waals surface area contributed by atoms with E-state index in [0.29, 0.717) is 6.17 Å². The van der Waals surface area contributed by atoms with E-state index >= 15 is 0 Å². The summed E-state index contributed by atoms with van der Waals surface area (Å²) in [5, 5.41) is 3.06. The van der Waals surface area contributed by atoms with Crippen molar-refractivity contribution in [2.75, 3.05) is 13.1 Å². The SMILES string of the molecule is C/C=C/CCCCC1N=CC[N+]1(CC)C(C)NC(C)=O. The molecule has 0 radical (unpaired) electrons. The van der Waals surface area contributed by atoms with E-state index in [1.807, 2.05) is 6.21 Å². The molecular formula is C16H30N3O+. The summed E-state index contributed by atoms with van der Waals surface area (Å²) in [7, 11) is 0. The topological polar surface area (TPSA) is 41.5 Å². The summed E-state index contributed by atoms with van der Waals surface area (Å²) in [6, 6.07) is 0. The van der Waals surface area contributed by atoms with Crippen molar-refractivity contribution in [3.63, 3.8) is 0 Å². The number of quaternary nitrogens is 1. The van der Waals surface area contributed by atoms with Gasteiger partial charge >= 0.3 is 0 Å². The van der Waals surface area contributed by atoms with Crippen LogP contribution in [0.1, 0.15) is 53.4 Å². The average Bonchev–Trinajstić information content (AvgIpc) is 2.82. The lowest BCUT2D eigenvalue weighted by Gasteiger charge is -2.42. The summed E-state index contributed by atoms with van der Waals surface area (Å²) in [6.07, 6.45) is 11.5. The molecule has 0 aromatic heterocycles. The maximum atomic E-state index is 11.3. The summed E-state index contributed by atoms with van der Waals surface area (Å²) in [6.45, 7) is 9.88. The van der Waals surface area contributed by atoms with Gasteiger partial charge in [-0.2, -0.15) is 0 Å². The first-order chi connectivity index (χ1) is 9.56. The highest BCUT2D eigenvalue weighted by molar-refractivity contribution is 5.73. The molecule has 0 saturated carbocycles. The number of rotatable bonds is 8. The van der Waals surface area contributed by atoms with Gasteiger partial charge < -0.3 is 5.32 Å². The first kappa shape index (κ1) is 16.9. The Kier molecular flexibility index (Phi) is 6.93. The molecular weight excluding hydrogens is 250 g/mol. The van der Waals surface area contributed by atoms with E-state index in [-0.39, 0.29) is 12.1 Å². The van der Waals surface area contributed by atoms with E-state index in [2.05, 4.69) is 43.2 Å². The molecule has 0 aromatic carbocycles. The molecule has 1 heterocycles. The summed E-state index contributed by atoms with van der Waals surface area (Å²) < 4.78 is 0.864. The van der Waals surface area contributed by atoms with Crippen LogP contribution in [0.25, 0.3) is 0 Å². The van der Waals surface area contributed by atoms with Crippen molar-refractivity contribution in [1.82, 2.24) is 5.32 Å². The van der Waals surface area contributed by atoms with Crippen LogP contribution in [0, 0.1) is 0 Å². The minimum atomic E-state index is 0.0437. The zero-order valence-corrected chi connectivity index (χ0v) is 13.4. The van der Waals surface area contributed by atoms with Crippen molar-refractivity contribution in [2.45, 2.75) is 65.7 Å². The normalized spacial score (nSPS) is 27.1. The van der Waals surface area contributed by atoms with Gasteiger partial charge in [0.05, 0.1) is 12.8 Å². The zero-order valence-electron chi connectivity index (χ0n) is 13.4. The van der Waals surface area contributed by atoms with Gasteiger partial charge in [0.1, 0.15) is 6.54 Å². The molecule has 114 valence electrons. The number of carbonyl (C=O) groups is 1. The third kappa shape index (κ3) is 4.17. The Labute approximate surface area is 123 Å². The van der Waals surface area contributed by atoms with E-state index in [1.54, 1.807) is 6.92 Å². The van der Waals surface area contributed by atoms with Gasteiger partial charge in [-0.15, -0.1) is 0 Å². The molecule has 1 amide bonds. The summed E-state index contributed by atoms with van der Waals surface area (Å²) in [5.74, 6) is 0.0437. The lowest BCUT2D eigenvalue weighted by molar-refractivity contribution is -0.959. The van der Waals surface area contributed by atoms with Gasteiger partial charge in [-0.1, -0.05) is 12.2 Å². The van der Waals surface area contributed by atoms with Gasteiger partial charge in [-0.25, -0.2) is 4.99 Å². The number of nitrogens with zero attached hydrogens (tertiary/aromatic N) is 2. The van der Waals surface area contributed by atoms with E-state index in [9.17, 15) is 4.79 Å². The lowest BCUT2D eigenvalue weighted by atomic mass is 10.1. The fourth-order valence-corrected chi connectivity index (χ4v) is 3.12. The van der Waals surface area contributed by atoms with Crippen LogP contribution in [-0.4, -0.2) is 42.0 Å². The highest BCUT2D eigenvalue weighted by atomic mass is 16.1. The molecule has 20 heavy (non-hydrogen) atoms. The van der Waals surface area contributed by atoms with Crippen LogP contribution in [0.4, 0.5) is 0 Å². The van der Waals surface area contributed by atoms with Crippen molar-refractivity contribution in [2.24, 2.45) is 4.99 Å². The Balaban J connectivity index is 2.58. The Bertz CT molecular complexity index is 365. The number of carbonyl (C=O) groups excluding carboxylic acids is 1. The second-order valence-corrected chi connectivity index (χ2v) is 5.64. The van der Waals surface area contributed by atoms with Gasteiger partial charge in [0.25, 0.3) is 0 Å². The highest BCUT2D eigenvalue weighted by Gasteiger charge is 2.42. The summed E-state index contributed by atoms with van der Waals surface area (Å²) in [4.78, 5) is 16.0. The predicted octanol–water partition coefficient (Wildman–Crippen LogP) is 2.85. The molecule has 0 saturated heterocycles. The number of hydrogen-bond donors (Lipinski definition) is 1. The van der Waals surface area contributed by atoms with Gasteiger partial charge in [-0.3, -0.25) is 9.28 Å². The molecule has 0 spiro atoms. The van der Waals surface area contributed by atoms with Crippen LogP contribution in [0.5, 0.6) is 0 Å². The zero-order chi connectivity index (χ0) is 15.0. The third-order valence-electron chi connectivity index (χ3n) is 4.38. The van der Waals surface area contributed by atoms with E-state index in [1.165, 1.54) is 12.8 Å². The fraction of sp³-hybridized carbons (Fsp3) is 0.750. The molecule has 1 aliphatic heterocycles. The molecule has 0 fully saturated rings. The van der Waals surface area contributed by atoms with E-state index in [0.717, 1.165) is 30.4 Å². The molecule has 1 aliphatic rings. The second-order valence-electron chi connectivity index (χ2n) is 5.64. The standard InChI is InChI=1S/C16H29N3O/c1-5-7-8-9-10-11-16-17-12-13-19(16,6-2)14(3)18-15(4)20/h5,7,12,14,16H,6,8-11,13H2,1-4H3/p+1/b7-5+. The molecule has 4 heteroatoms. The smallest absolute Gasteiger partial charge is 0.221 e. The van der Waals surface area contributed by atoms with Crippen LogP contribution >= 0.6 is 0 Å². The number of unbranched alkanes of at least 4 members (excludes halogenated alkanes) is 2. The Morgan fingerprint density at radius 1 is 1.55 bits per heavy atom. The van der Waals surface area contributed by atoms with E-state index < -0.39 is 0 Å². The van der Waals surface area contributed by atoms with Crippen molar-refractivity contribution >= 4 is 12.1 Å². The number of hydrogen-bond acceptors (Lipinski definition) is 2. The van der Waals surface area contributed by atoms with Gasteiger partial charge in [0.15, 0.2) is 12.3 Å².